The SMILES string of the molecule is CCc1cc(CCCCN)nn1CCCCCC(=O)C(=O)[C@@H](N)C(C)C. The van der Waals surface area contributed by atoms with Crippen LogP contribution in [0.15, 0.2) is 6.07 Å². The Hall–Kier alpha value is -1.53. The first-order valence-electron chi connectivity index (χ1n) is 9.99. The van der Waals surface area contributed by atoms with Gasteiger partial charge < -0.3 is 11.5 Å². The van der Waals surface area contributed by atoms with Crippen LogP contribution < -0.4 is 11.5 Å². The van der Waals surface area contributed by atoms with Gasteiger partial charge in [-0.25, -0.2) is 0 Å². The topological polar surface area (TPSA) is 104 Å². The van der Waals surface area contributed by atoms with Crippen molar-refractivity contribution in [3.8, 4) is 0 Å². The Labute approximate surface area is 157 Å². The molecule has 0 aliphatic heterocycles. The number of carbonyl (C=O) groups excluding carboxylic acids is 2. The summed E-state index contributed by atoms with van der Waals surface area (Å²) in [6.07, 6.45) is 6.92. The highest BCUT2D eigenvalue weighted by Crippen LogP contribution is 2.11. The summed E-state index contributed by atoms with van der Waals surface area (Å²) < 4.78 is 2.08. The van der Waals surface area contributed by atoms with Crippen LogP contribution in [0.3, 0.4) is 0 Å². The van der Waals surface area contributed by atoms with E-state index in [1.807, 2.05) is 13.8 Å². The zero-order valence-electron chi connectivity index (χ0n) is 16.7. The lowest BCUT2D eigenvalue weighted by atomic mass is 9.96. The molecule has 0 aliphatic rings. The quantitative estimate of drug-likeness (QED) is 0.390. The number of rotatable bonds is 14. The molecule has 0 unspecified atom stereocenters. The van der Waals surface area contributed by atoms with E-state index < -0.39 is 11.8 Å². The van der Waals surface area contributed by atoms with Gasteiger partial charge in [-0.2, -0.15) is 5.10 Å². The fraction of sp³-hybridized carbons (Fsp3) is 0.750. The number of aryl methyl sites for hydroxylation is 3. The highest BCUT2D eigenvalue weighted by molar-refractivity contribution is 6.39. The van der Waals surface area contributed by atoms with Gasteiger partial charge in [-0.15, -0.1) is 0 Å². The Morgan fingerprint density at radius 3 is 2.50 bits per heavy atom. The minimum atomic E-state index is -0.670. The van der Waals surface area contributed by atoms with E-state index in [4.69, 9.17) is 16.6 Å². The van der Waals surface area contributed by atoms with Gasteiger partial charge in [0, 0.05) is 18.7 Å². The van der Waals surface area contributed by atoms with Crippen LogP contribution in [0.25, 0.3) is 0 Å². The minimum Gasteiger partial charge on any atom is -0.330 e. The standard InChI is InChI=1S/C20H36N4O2/c1-4-17-14-16(10-7-8-12-21)23-24(17)13-9-5-6-11-18(25)20(26)19(22)15(2)3/h14-15,19H,4-13,21-22H2,1-3H3/t19-/m0/s1. The lowest BCUT2D eigenvalue weighted by Gasteiger charge is -2.13. The van der Waals surface area contributed by atoms with Crippen LogP contribution in [0.2, 0.25) is 0 Å². The molecule has 6 heteroatoms. The molecule has 0 amide bonds. The molecule has 1 aromatic heterocycles. The van der Waals surface area contributed by atoms with Gasteiger partial charge in [0.05, 0.1) is 11.7 Å². The molecule has 0 radical (unpaired) electrons. The van der Waals surface area contributed by atoms with Crippen molar-refractivity contribution in [3.05, 3.63) is 17.5 Å². The van der Waals surface area contributed by atoms with Gasteiger partial charge in [0.1, 0.15) is 0 Å². The number of ketones is 2. The van der Waals surface area contributed by atoms with E-state index >= 15 is 0 Å². The Bertz CT molecular complexity index is 566. The average Bonchev–Trinajstić information content (AvgIpc) is 3.02. The summed E-state index contributed by atoms with van der Waals surface area (Å²) in [5, 5.41) is 4.69. The third kappa shape index (κ3) is 7.38. The monoisotopic (exact) mass is 364 g/mol. The second-order valence-corrected chi connectivity index (χ2v) is 7.32. The average molecular weight is 365 g/mol. The maximum Gasteiger partial charge on any atom is 0.215 e. The first kappa shape index (κ1) is 22.5. The molecule has 0 fully saturated rings. The van der Waals surface area contributed by atoms with Crippen molar-refractivity contribution in [2.24, 2.45) is 17.4 Å². The summed E-state index contributed by atoms with van der Waals surface area (Å²) in [7, 11) is 0. The second-order valence-electron chi connectivity index (χ2n) is 7.32. The number of carbonyl (C=O) groups is 2. The number of unbranched alkanes of at least 4 members (excludes halogenated alkanes) is 3. The Balaban J connectivity index is 2.34. The minimum absolute atomic E-state index is 0.00206. The van der Waals surface area contributed by atoms with E-state index in [0.717, 1.165) is 63.7 Å². The van der Waals surface area contributed by atoms with E-state index in [2.05, 4.69) is 17.7 Å². The van der Waals surface area contributed by atoms with E-state index in [9.17, 15) is 9.59 Å². The van der Waals surface area contributed by atoms with E-state index in [0.29, 0.717) is 6.42 Å². The van der Waals surface area contributed by atoms with E-state index in [-0.39, 0.29) is 11.7 Å². The lowest BCUT2D eigenvalue weighted by molar-refractivity contribution is -0.137. The molecule has 1 rings (SSSR count). The molecule has 1 aromatic rings. The zero-order valence-corrected chi connectivity index (χ0v) is 16.7. The van der Waals surface area contributed by atoms with Gasteiger partial charge in [0.25, 0.3) is 0 Å². The molecule has 0 saturated carbocycles. The number of nitrogens with zero attached hydrogens (tertiary/aromatic N) is 2. The number of Topliss-reactive ketones (excluding diaryl/α,β-unsaturated/α-hetero) is 2. The van der Waals surface area contributed by atoms with Crippen molar-refractivity contribution in [1.29, 1.82) is 0 Å². The maximum atomic E-state index is 11.9. The van der Waals surface area contributed by atoms with Crippen molar-refractivity contribution in [2.75, 3.05) is 6.54 Å². The summed E-state index contributed by atoms with van der Waals surface area (Å²) in [5.74, 6) is -0.762. The molecule has 0 aromatic carbocycles. The Kier molecular flexibility index (Phi) is 10.4. The van der Waals surface area contributed by atoms with Gasteiger partial charge in [-0.3, -0.25) is 14.3 Å². The molecule has 1 atom stereocenters. The molecular formula is C20H36N4O2. The molecule has 0 bridgehead atoms. The smallest absolute Gasteiger partial charge is 0.215 e. The zero-order chi connectivity index (χ0) is 19.5. The number of nitrogens with two attached hydrogens (primary N) is 2. The van der Waals surface area contributed by atoms with Crippen LogP contribution in [0.5, 0.6) is 0 Å². The normalized spacial score (nSPS) is 12.5. The second kappa shape index (κ2) is 12.0. The molecule has 1 heterocycles. The third-order valence-corrected chi connectivity index (χ3v) is 4.73. The molecule has 0 saturated heterocycles. The summed E-state index contributed by atoms with van der Waals surface area (Å²) in [6, 6.07) is 1.52. The number of hydrogen-bond donors (Lipinski definition) is 2. The van der Waals surface area contributed by atoms with Crippen molar-refractivity contribution < 1.29 is 9.59 Å². The largest absolute Gasteiger partial charge is 0.330 e. The van der Waals surface area contributed by atoms with E-state index in [1.165, 1.54) is 5.69 Å². The first-order chi connectivity index (χ1) is 12.4. The summed E-state index contributed by atoms with van der Waals surface area (Å²) >= 11 is 0. The fourth-order valence-electron chi connectivity index (χ4n) is 2.90. The highest BCUT2D eigenvalue weighted by atomic mass is 16.2. The van der Waals surface area contributed by atoms with Crippen molar-refractivity contribution >= 4 is 11.6 Å². The molecular weight excluding hydrogens is 328 g/mol. The molecule has 4 N–H and O–H groups in total. The van der Waals surface area contributed by atoms with Gasteiger partial charge in [-0.05, 0) is 57.1 Å². The van der Waals surface area contributed by atoms with Crippen LogP contribution in [-0.4, -0.2) is 33.9 Å². The highest BCUT2D eigenvalue weighted by Gasteiger charge is 2.23. The molecule has 0 spiro atoms. The van der Waals surface area contributed by atoms with Gasteiger partial charge in [0.2, 0.25) is 5.78 Å². The van der Waals surface area contributed by atoms with Crippen molar-refractivity contribution in [3.63, 3.8) is 0 Å². The van der Waals surface area contributed by atoms with Gasteiger partial charge in [-0.1, -0.05) is 27.2 Å². The summed E-state index contributed by atoms with van der Waals surface area (Å²) in [6.45, 7) is 7.43. The predicted octanol–water partition coefficient (Wildman–Crippen LogP) is 2.41. The van der Waals surface area contributed by atoms with Crippen LogP contribution in [0.4, 0.5) is 0 Å². The summed E-state index contributed by atoms with van der Waals surface area (Å²) in [5.41, 5.74) is 13.7. The van der Waals surface area contributed by atoms with Crippen molar-refractivity contribution in [1.82, 2.24) is 9.78 Å². The molecule has 26 heavy (non-hydrogen) atoms. The van der Waals surface area contributed by atoms with Crippen molar-refractivity contribution in [2.45, 2.75) is 84.7 Å². The maximum absolute atomic E-state index is 11.9. The van der Waals surface area contributed by atoms with Crippen LogP contribution in [-0.2, 0) is 29.0 Å². The van der Waals surface area contributed by atoms with Gasteiger partial charge >= 0.3 is 0 Å². The van der Waals surface area contributed by atoms with Crippen LogP contribution >= 0.6 is 0 Å². The number of hydrogen-bond acceptors (Lipinski definition) is 5. The Morgan fingerprint density at radius 1 is 1.15 bits per heavy atom. The van der Waals surface area contributed by atoms with Gasteiger partial charge in [0.15, 0.2) is 5.78 Å². The lowest BCUT2D eigenvalue weighted by Crippen LogP contribution is -2.40. The Morgan fingerprint density at radius 2 is 1.88 bits per heavy atom. The predicted molar refractivity (Wildman–Crippen MR) is 105 cm³/mol. The van der Waals surface area contributed by atoms with Crippen LogP contribution in [0, 0.1) is 5.92 Å². The fourth-order valence-corrected chi connectivity index (χ4v) is 2.90. The third-order valence-electron chi connectivity index (χ3n) is 4.73. The first-order valence-corrected chi connectivity index (χ1v) is 9.99. The van der Waals surface area contributed by atoms with Crippen LogP contribution in [0.1, 0.15) is 70.7 Å². The summed E-state index contributed by atoms with van der Waals surface area (Å²) in [4.78, 5) is 23.8. The number of aromatic nitrogens is 2. The van der Waals surface area contributed by atoms with E-state index in [1.54, 1.807) is 0 Å². The molecule has 6 nitrogen and oxygen atoms in total. The molecule has 148 valence electrons. The molecule has 0 aliphatic carbocycles.